The third-order valence-electron chi connectivity index (χ3n) is 6.31. The van der Waals surface area contributed by atoms with Crippen LogP contribution in [0, 0.1) is 0 Å². The number of aliphatic hydroxyl groups excluding tert-OH is 1. The first-order valence-corrected chi connectivity index (χ1v) is 11.7. The molecule has 10 nitrogen and oxygen atoms in total. The first-order valence-electron chi connectivity index (χ1n) is 11.7. The lowest BCUT2D eigenvalue weighted by Crippen LogP contribution is -2.44. The number of nitrogens with zero attached hydrogens (tertiary/aromatic N) is 1. The van der Waals surface area contributed by atoms with Crippen LogP contribution in [0.5, 0.6) is 17.2 Å². The van der Waals surface area contributed by atoms with Gasteiger partial charge >= 0.3 is 0 Å². The number of hydrogen-bond donors (Lipinski definition) is 5. The Kier molecular flexibility index (Phi) is 8.00. The number of carbonyl (C=O) groups is 2. The fourth-order valence-corrected chi connectivity index (χ4v) is 4.12. The molecular weight excluding hydrogens is 466 g/mol. The van der Waals surface area contributed by atoms with Crippen LogP contribution in [-0.2, 0) is 19.9 Å². The number of ether oxygens (including phenoxy) is 2. The molecule has 3 rings (SSSR count). The third kappa shape index (κ3) is 6.38. The van der Waals surface area contributed by atoms with Crippen molar-refractivity contribution in [1.82, 2.24) is 5.32 Å². The van der Waals surface area contributed by atoms with Crippen molar-refractivity contribution < 1.29 is 34.4 Å². The number of anilines is 2. The topological polar surface area (TPSA) is 141 Å². The summed E-state index contributed by atoms with van der Waals surface area (Å²) in [5, 5.41) is 36.9. The minimum atomic E-state index is -0.983. The number of fused-ring (bicyclic) bond motifs is 1. The van der Waals surface area contributed by atoms with E-state index in [1.54, 1.807) is 32.0 Å². The molecule has 1 atom stereocenters. The summed E-state index contributed by atoms with van der Waals surface area (Å²) in [7, 11) is 1.92. The fourth-order valence-electron chi connectivity index (χ4n) is 4.12. The van der Waals surface area contributed by atoms with Gasteiger partial charge in [-0.3, -0.25) is 9.59 Å². The lowest BCUT2D eigenvalue weighted by Gasteiger charge is -2.34. The van der Waals surface area contributed by atoms with E-state index in [-0.39, 0.29) is 36.1 Å². The summed E-state index contributed by atoms with van der Waals surface area (Å²) in [6.45, 7) is 8.60. The summed E-state index contributed by atoms with van der Waals surface area (Å²) in [5.41, 5.74) is 0.904. The van der Waals surface area contributed by atoms with Gasteiger partial charge in [0.2, 0.25) is 0 Å². The van der Waals surface area contributed by atoms with E-state index in [1.807, 2.05) is 25.8 Å². The van der Waals surface area contributed by atoms with Crippen molar-refractivity contribution >= 4 is 23.8 Å². The van der Waals surface area contributed by atoms with Crippen molar-refractivity contribution in [3.05, 3.63) is 41.5 Å². The summed E-state index contributed by atoms with van der Waals surface area (Å²) in [5.74, 6) is 0.0214. The van der Waals surface area contributed by atoms with E-state index in [4.69, 9.17) is 9.47 Å². The van der Waals surface area contributed by atoms with E-state index in [2.05, 4.69) is 10.6 Å². The van der Waals surface area contributed by atoms with Gasteiger partial charge in [0, 0.05) is 48.6 Å². The van der Waals surface area contributed by atoms with Crippen LogP contribution in [0.4, 0.5) is 11.4 Å². The second-order valence-corrected chi connectivity index (χ2v) is 10.1. The molecule has 0 saturated heterocycles. The predicted molar refractivity (Wildman–Crippen MR) is 135 cm³/mol. The quantitative estimate of drug-likeness (QED) is 0.294. The van der Waals surface area contributed by atoms with Gasteiger partial charge in [-0.25, -0.2) is 0 Å². The molecule has 1 aliphatic rings. The molecule has 1 aliphatic heterocycles. The minimum Gasteiger partial charge on any atom is -0.508 e. The summed E-state index contributed by atoms with van der Waals surface area (Å²) in [4.78, 5) is 24.6. The minimum absolute atomic E-state index is 0.0818. The van der Waals surface area contributed by atoms with Gasteiger partial charge < -0.3 is 40.3 Å². The maximum atomic E-state index is 11.6. The van der Waals surface area contributed by atoms with Gasteiger partial charge in [-0.1, -0.05) is 0 Å². The molecule has 196 valence electrons. The smallest absolute Gasteiger partial charge is 0.293 e. The van der Waals surface area contributed by atoms with Crippen LogP contribution in [0.3, 0.4) is 0 Å². The Bertz CT molecular complexity index is 1120. The summed E-state index contributed by atoms with van der Waals surface area (Å²) in [6.07, 6.45) is -0.293. The van der Waals surface area contributed by atoms with Crippen LogP contribution in [0.1, 0.15) is 51.3 Å². The van der Waals surface area contributed by atoms with Gasteiger partial charge in [0.1, 0.15) is 22.8 Å². The Morgan fingerprint density at radius 3 is 2.61 bits per heavy atom. The van der Waals surface area contributed by atoms with Gasteiger partial charge in [-0.15, -0.1) is 0 Å². The Balaban J connectivity index is 1.66. The van der Waals surface area contributed by atoms with Crippen molar-refractivity contribution in [2.24, 2.45) is 0 Å². The zero-order chi connectivity index (χ0) is 26.7. The summed E-state index contributed by atoms with van der Waals surface area (Å²) in [6, 6.07) is 7.78. The maximum absolute atomic E-state index is 11.6. The van der Waals surface area contributed by atoms with E-state index in [9.17, 15) is 24.9 Å². The van der Waals surface area contributed by atoms with Gasteiger partial charge in [0.25, 0.3) is 12.4 Å². The molecule has 2 aromatic carbocycles. The highest BCUT2D eigenvalue weighted by atomic mass is 16.5. The van der Waals surface area contributed by atoms with Gasteiger partial charge in [0.15, 0.2) is 6.61 Å². The second-order valence-electron chi connectivity index (χ2n) is 10.1. The fraction of sp³-hybridized carbons (Fsp3) is 0.462. The third-order valence-corrected chi connectivity index (χ3v) is 6.31. The average molecular weight is 502 g/mol. The molecule has 0 aliphatic carbocycles. The van der Waals surface area contributed by atoms with E-state index in [0.29, 0.717) is 42.0 Å². The van der Waals surface area contributed by atoms with E-state index in [0.717, 1.165) is 5.69 Å². The number of aromatic hydroxyl groups is 2. The predicted octanol–water partition coefficient (Wildman–Crippen LogP) is 2.76. The Morgan fingerprint density at radius 2 is 1.92 bits per heavy atom. The van der Waals surface area contributed by atoms with Crippen molar-refractivity contribution in [2.45, 2.75) is 51.4 Å². The number of aliphatic hydroxyl groups is 1. The highest BCUT2D eigenvalue weighted by molar-refractivity contribution is 5.96. The molecular formula is C26H35N3O7. The normalized spacial score (nSPS) is 14.3. The SMILES string of the molecule is CN(CCC(C)(C)NCC(O)c1cc(O)cc2c1OCC(=O)N2)c1ccc(O)cc1C(C)(C)OC=O. The van der Waals surface area contributed by atoms with E-state index < -0.39 is 11.7 Å². The number of hydrogen-bond acceptors (Lipinski definition) is 9. The molecule has 5 N–H and O–H groups in total. The summed E-state index contributed by atoms with van der Waals surface area (Å²) >= 11 is 0. The molecule has 10 heteroatoms. The van der Waals surface area contributed by atoms with Crippen molar-refractivity contribution in [3.63, 3.8) is 0 Å². The standard InChI is InChI=1S/C26H35N3O7/c1-25(2,8-9-29(5)21-7-6-16(31)11-19(21)26(3,4)36-15-30)27-13-22(33)18-10-17(32)12-20-24(18)35-14-23(34)28-20/h6-7,10-12,15,22,27,31-33H,8-9,13-14H2,1-5H3,(H,28,34). The number of phenolic OH excluding ortho intramolecular Hbond substituents is 2. The molecule has 0 radical (unpaired) electrons. The lowest BCUT2D eigenvalue weighted by molar-refractivity contribution is -0.141. The number of carbonyl (C=O) groups excluding carboxylic acids is 2. The summed E-state index contributed by atoms with van der Waals surface area (Å²) < 4.78 is 10.8. The monoisotopic (exact) mass is 501 g/mol. The van der Waals surface area contributed by atoms with Crippen LogP contribution in [0.2, 0.25) is 0 Å². The zero-order valence-corrected chi connectivity index (χ0v) is 21.3. The molecule has 2 aromatic rings. The van der Waals surface area contributed by atoms with Crippen molar-refractivity contribution in [2.75, 3.05) is 37.0 Å². The number of nitrogens with one attached hydrogen (secondary N) is 2. The lowest BCUT2D eigenvalue weighted by atomic mass is 9.94. The van der Waals surface area contributed by atoms with Crippen molar-refractivity contribution in [3.8, 4) is 17.2 Å². The van der Waals surface area contributed by atoms with E-state index >= 15 is 0 Å². The number of rotatable bonds is 11. The maximum Gasteiger partial charge on any atom is 0.293 e. The Morgan fingerprint density at radius 1 is 1.19 bits per heavy atom. The van der Waals surface area contributed by atoms with Crippen LogP contribution in [0.25, 0.3) is 0 Å². The molecule has 1 unspecified atom stereocenters. The van der Waals surface area contributed by atoms with Gasteiger partial charge in [-0.05, 0) is 58.4 Å². The highest BCUT2D eigenvalue weighted by Gasteiger charge is 2.29. The Hall–Kier alpha value is -3.50. The molecule has 1 amide bonds. The number of amides is 1. The van der Waals surface area contributed by atoms with Crippen LogP contribution >= 0.6 is 0 Å². The van der Waals surface area contributed by atoms with E-state index in [1.165, 1.54) is 12.1 Å². The number of phenols is 2. The van der Waals surface area contributed by atoms with Crippen LogP contribution in [0.15, 0.2) is 30.3 Å². The average Bonchev–Trinajstić information content (AvgIpc) is 2.80. The van der Waals surface area contributed by atoms with Crippen LogP contribution < -0.4 is 20.3 Å². The largest absolute Gasteiger partial charge is 0.508 e. The first-order chi connectivity index (χ1) is 16.8. The highest BCUT2D eigenvalue weighted by Crippen LogP contribution is 2.39. The molecule has 0 spiro atoms. The first kappa shape index (κ1) is 27.1. The van der Waals surface area contributed by atoms with Gasteiger partial charge in [-0.2, -0.15) is 0 Å². The molecule has 0 aromatic heterocycles. The van der Waals surface area contributed by atoms with Gasteiger partial charge in [0.05, 0.1) is 11.8 Å². The molecule has 0 saturated carbocycles. The van der Waals surface area contributed by atoms with Crippen molar-refractivity contribution in [1.29, 1.82) is 0 Å². The molecule has 0 fully saturated rings. The zero-order valence-electron chi connectivity index (χ0n) is 21.3. The molecule has 0 bridgehead atoms. The number of β-amino-alcohol motifs (C(OH)–C–C–N with tert-alkyl or cyclic N) is 1. The Labute approximate surface area is 210 Å². The molecule has 1 heterocycles. The number of benzene rings is 2. The molecule has 36 heavy (non-hydrogen) atoms. The van der Waals surface area contributed by atoms with Crippen LogP contribution in [-0.4, -0.2) is 60.0 Å². The second kappa shape index (κ2) is 10.6.